The predicted octanol–water partition coefficient (Wildman–Crippen LogP) is 0.699. The summed E-state index contributed by atoms with van der Waals surface area (Å²) in [5, 5.41) is 12.6. The lowest BCUT2D eigenvalue weighted by molar-refractivity contribution is -0.120. The maximum atomic E-state index is 11.4. The minimum atomic E-state index is -0.354. The van der Waals surface area contributed by atoms with Crippen molar-refractivity contribution in [1.82, 2.24) is 15.2 Å². The summed E-state index contributed by atoms with van der Waals surface area (Å²) in [7, 11) is 1.66. The largest absolute Gasteiger partial charge is 0.389 e. The zero-order chi connectivity index (χ0) is 16.9. The molecule has 0 spiro atoms. The van der Waals surface area contributed by atoms with Gasteiger partial charge in [0.2, 0.25) is 5.91 Å². The Kier molecular flexibility index (Phi) is 5.81. The fourth-order valence-corrected chi connectivity index (χ4v) is 3.64. The number of aromatic nitrogens is 1. The van der Waals surface area contributed by atoms with E-state index in [1.807, 2.05) is 12.1 Å². The van der Waals surface area contributed by atoms with Gasteiger partial charge in [0.05, 0.1) is 25.4 Å². The molecule has 0 saturated carbocycles. The van der Waals surface area contributed by atoms with Crippen LogP contribution in [-0.2, 0) is 16.0 Å². The van der Waals surface area contributed by atoms with E-state index in [-0.39, 0.29) is 18.1 Å². The third-order valence-electron chi connectivity index (χ3n) is 5.15. The third kappa shape index (κ3) is 4.12. The van der Waals surface area contributed by atoms with Crippen LogP contribution in [0.25, 0.3) is 0 Å². The van der Waals surface area contributed by atoms with Gasteiger partial charge in [-0.3, -0.25) is 14.7 Å². The van der Waals surface area contributed by atoms with Gasteiger partial charge in [-0.05, 0) is 44.5 Å². The number of aliphatic hydroxyl groups is 1. The highest BCUT2D eigenvalue weighted by Gasteiger charge is 2.34. The summed E-state index contributed by atoms with van der Waals surface area (Å²) in [4.78, 5) is 18.5. The van der Waals surface area contributed by atoms with Crippen molar-refractivity contribution in [2.45, 2.75) is 43.7 Å². The molecule has 2 aliphatic heterocycles. The topological polar surface area (TPSA) is 74.7 Å². The summed E-state index contributed by atoms with van der Waals surface area (Å²) in [6, 6.07) is 6.28. The van der Waals surface area contributed by atoms with Gasteiger partial charge in [-0.25, -0.2) is 0 Å². The van der Waals surface area contributed by atoms with E-state index in [0.29, 0.717) is 32.0 Å². The van der Waals surface area contributed by atoms with E-state index < -0.39 is 0 Å². The molecule has 132 valence electrons. The third-order valence-corrected chi connectivity index (χ3v) is 5.15. The Morgan fingerprint density at radius 3 is 2.83 bits per heavy atom. The minimum Gasteiger partial charge on any atom is -0.389 e. The van der Waals surface area contributed by atoms with Crippen molar-refractivity contribution in [3.63, 3.8) is 0 Å². The van der Waals surface area contributed by atoms with E-state index in [4.69, 9.17) is 9.72 Å². The maximum absolute atomic E-state index is 11.4. The maximum Gasteiger partial charge on any atom is 0.220 e. The van der Waals surface area contributed by atoms with Crippen LogP contribution in [0.5, 0.6) is 0 Å². The molecule has 0 radical (unpaired) electrons. The van der Waals surface area contributed by atoms with E-state index in [2.05, 4.69) is 16.3 Å². The van der Waals surface area contributed by atoms with Crippen LogP contribution >= 0.6 is 0 Å². The Bertz CT molecular complexity index is 558. The monoisotopic (exact) mass is 333 g/mol. The number of amides is 1. The molecule has 1 aromatic heterocycles. The first-order valence-electron chi connectivity index (χ1n) is 8.83. The number of hydrogen-bond donors (Lipinski definition) is 2. The van der Waals surface area contributed by atoms with Crippen molar-refractivity contribution in [3.8, 4) is 0 Å². The highest BCUT2D eigenvalue weighted by Crippen LogP contribution is 2.29. The van der Waals surface area contributed by atoms with E-state index in [9.17, 15) is 9.90 Å². The van der Waals surface area contributed by atoms with Crippen LogP contribution in [0.3, 0.4) is 0 Å². The molecule has 3 rings (SSSR count). The second-order valence-corrected chi connectivity index (χ2v) is 6.71. The highest BCUT2D eigenvalue weighted by molar-refractivity contribution is 5.75. The summed E-state index contributed by atoms with van der Waals surface area (Å²) < 4.78 is 5.37. The average molecular weight is 333 g/mol. The molecule has 1 amide bonds. The van der Waals surface area contributed by atoms with Crippen LogP contribution in [0.4, 0.5) is 0 Å². The summed E-state index contributed by atoms with van der Waals surface area (Å²) in [6.07, 6.45) is 2.90. The van der Waals surface area contributed by atoms with Crippen molar-refractivity contribution in [2.24, 2.45) is 0 Å². The van der Waals surface area contributed by atoms with Crippen molar-refractivity contribution in [3.05, 3.63) is 29.6 Å². The zero-order valence-electron chi connectivity index (χ0n) is 14.3. The normalized spacial score (nSPS) is 25.8. The molecule has 24 heavy (non-hydrogen) atoms. The van der Waals surface area contributed by atoms with Gasteiger partial charge in [-0.1, -0.05) is 6.07 Å². The number of carbonyl (C=O) groups excluding carboxylic acids is 1. The number of hydrogen-bond acceptors (Lipinski definition) is 5. The summed E-state index contributed by atoms with van der Waals surface area (Å²) in [5.41, 5.74) is 2.12. The lowest BCUT2D eigenvalue weighted by Crippen LogP contribution is -2.46. The van der Waals surface area contributed by atoms with Crippen LogP contribution in [0.15, 0.2) is 18.2 Å². The number of likely N-dealkylation sites (tertiary alicyclic amines) is 1. The van der Waals surface area contributed by atoms with Crippen molar-refractivity contribution < 1.29 is 14.6 Å². The molecule has 2 saturated heterocycles. The van der Waals surface area contributed by atoms with Crippen molar-refractivity contribution >= 4 is 5.91 Å². The fourth-order valence-electron chi connectivity index (χ4n) is 3.64. The standard InChI is InChI=1S/C18H27N3O3/c1-19-18(23)6-5-14-3-2-4-15(20-14)13-7-9-21(10-8-13)16-11-24-12-17(16)22/h2-4,13,16-17,22H,5-12H2,1H3,(H,19,23)/t16-,17+/m0/s1. The number of nitrogens with zero attached hydrogens (tertiary/aromatic N) is 2. The molecule has 2 aliphatic rings. The number of ether oxygens (including phenoxy) is 1. The predicted molar refractivity (Wildman–Crippen MR) is 90.8 cm³/mol. The number of pyridine rings is 1. The zero-order valence-corrected chi connectivity index (χ0v) is 14.3. The molecule has 3 heterocycles. The van der Waals surface area contributed by atoms with Crippen molar-refractivity contribution in [2.75, 3.05) is 33.4 Å². The average Bonchev–Trinajstić information content (AvgIpc) is 3.06. The van der Waals surface area contributed by atoms with Crippen LogP contribution in [0.2, 0.25) is 0 Å². The fraction of sp³-hybridized carbons (Fsp3) is 0.667. The Morgan fingerprint density at radius 1 is 1.38 bits per heavy atom. The molecule has 6 nitrogen and oxygen atoms in total. The second kappa shape index (κ2) is 8.05. The number of carbonyl (C=O) groups is 1. The van der Waals surface area contributed by atoms with Crippen molar-refractivity contribution in [1.29, 1.82) is 0 Å². The van der Waals surface area contributed by atoms with Gasteiger partial charge in [0.25, 0.3) is 0 Å². The Morgan fingerprint density at radius 2 is 2.17 bits per heavy atom. The summed E-state index contributed by atoms with van der Waals surface area (Å²) in [5.74, 6) is 0.508. The molecule has 1 aromatic rings. The number of aliphatic hydroxyl groups excluding tert-OH is 1. The van der Waals surface area contributed by atoms with Gasteiger partial charge in [-0.2, -0.15) is 0 Å². The van der Waals surface area contributed by atoms with Gasteiger partial charge >= 0.3 is 0 Å². The number of nitrogens with one attached hydrogen (secondary N) is 1. The van der Waals surface area contributed by atoms with Gasteiger partial charge in [0.1, 0.15) is 0 Å². The van der Waals surface area contributed by atoms with E-state index in [1.165, 1.54) is 0 Å². The van der Waals surface area contributed by atoms with Crippen LogP contribution < -0.4 is 5.32 Å². The first kappa shape index (κ1) is 17.3. The lowest BCUT2D eigenvalue weighted by Gasteiger charge is -2.36. The van der Waals surface area contributed by atoms with E-state index >= 15 is 0 Å². The summed E-state index contributed by atoms with van der Waals surface area (Å²) >= 11 is 0. The molecular formula is C18H27N3O3. The SMILES string of the molecule is CNC(=O)CCc1cccc(C2CCN([C@H]3COC[C@H]3O)CC2)n1. The number of rotatable bonds is 5. The van der Waals surface area contributed by atoms with Gasteiger partial charge in [0, 0.05) is 30.8 Å². The van der Waals surface area contributed by atoms with Crippen LogP contribution in [-0.4, -0.2) is 66.4 Å². The summed E-state index contributed by atoms with van der Waals surface area (Å²) in [6.45, 7) is 3.04. The Labute approximate surface area is 143 Å². The first-order chi connectivity index (χ1) is 11.7. The molecule has 2 fully saturated rings. The highest BCUT2D eigenvalue weighted by atomic mass is 16.5. The van der Waals surface area contributed by atoms with Gasteiger partial charge in [0.15, 0.2) is 0 Å². The second-order valence-electron chi connectivity index (χ2n) is 6.71. The lowest BCUT2D eigenvalue weighted by atomic mass is 9.91. The van der Waals surface area contributed by atoms with Gasteiger partial charge < -0.3 is 15.2 Å². The molecule has 0 unspecified atom stereocenters. The molecule has 0 aliphatic carbocycles. The van der Waals surface area contributed by atoms with E-state index in [1.54, 1.807) is 7.05 Å². The molecule has 2 atom stereocenters. The molecule has 2 N–H and O–H groups in total. The first-order valence-corrected chi connectivity index (χ1v) is 8.83. The molecular weight excluding hydrogens is 306 g/mol. The van der Waals surface area contributed by atoms with Crippen LogP contribution in [0, 0.1) is 0 Å². The van der Waals surface area contributed by atoms with E-state index in [0.717, 1.165) is 37.3 Å². The Hall–Kier alpha value is -1.50. The quantitative estimate of drug-likeness (QED) is 0.830. The van der Waals surface area contributed by atoms with Gasteiger partial charge in [-0.15, -0.1) is 0 Å². The Balaban J connectivity index is 1.55. The number of aryl methyl sites for hydroxylation is 1. The molecule has 0 aromatic carbocycles. The molecule has 6 heteroatoms. The smallest absolute Gasteiger partial charge is 0.220 e. The number of piperidine rings is 1. The minimum absolute atomic E-state index is 0.0489. The molecule has 0 bridgehead atoms. The van der Waals surface area contributed by atoms with Crippen LogP contribution in [0.1, 0.15) is 36.6 Å².